The van der Waals surface area contributed by atoms with Gasteiger partial charge in [0.2, 0.25) is 5.91 Å². The lowest BCUT2D eigenvalue weighted by atomic mass is 9.88. The summed E-state index contributed by atoms with van der Waals surface area (Å²) < 4.78 is 0. The largest absolute Gasteiger partial charge is 0.326 e. The topological polar surface area (TPSA) is 41.1 Å². The number of carbonyl (C=O) groups excluding carboxylic acids is 1. The van der Waals surface area contributed by atoms with Crippen LogP contribution in [0.3, 0.4) is 0 Å². The molecule has 1 aliphatic rings. The fourth-order valence-electron chi connectivity index (χ4n) is 2.18. The van der Waals surface area contributed by atoms with Crippen LogP contribution >= 0.6 is 12.4 Å². The van der Waals surface area contributed by atoms with Gasteiger partial charge in [-0.05, 0) is 56.1 Å². The maximum atomic E-state index is 12.0. The maximum Gasteiger partial charge on any atom is 0.227 e. The third kappa shape index (κ3) is 3.47. The molecule has 1 aromatic rings. The SMILES string of the molecule is Cc1cc(C)cc(NC(=O)C(C)C2CNC2)c1.Cl. The zero-order valence-electron chi connectivity index (χ0n) is 11.1. The quantitative estimate of drug-likeness (QED) is 0.885. The molecule has 1 atom stereocenters. The molecule has 1 fully saturated rings. The van der Waals surface area contributed by atoms with Gasteiger partial charge in [0.05, 0.1) is 0 Å². The number of amides is 1. The van der Waals surface area contributed by atoms with Crippen molar-refractivity contribution in [1.29, 1.82) is 0 Å². The minimum absolute atomic E-state index is 0. The molecule has 0 bridgehead atoms. The van der Waals surface area contributed by atoms with Crippen molar-refractivity contribution in [3.8, 4) is 0 Å². The Hall–Kier alpha value is -1.06. The van der Waals surface area contributed by atoms with Crippen LogP contribution in [0, 0.1) is 25.7 Å². The van der Waals surface area contributed by atoms with E-state index < -0.39 is 0 Å². The highest BCUT2D eigenvalue weighted by Gasteiger charge is 2.28. The highest BCUT2D eigenvalue weighted by Crippen LogP contribution is 2.19. The first kappa shape index (κ1) is 15.0. The number of aryl methyl sites for hydroxylation is 2. The Balaban J connectivity index is 0.00000162. The van der Waals surface area contributed by atoms with Crippen molar-refractivity contribution >= 4 is 24.0 Å². The van der Waals surface area contributed by atoms with Crippen LogP contribution < -0.4 is 10.6 Å². The van der Waals surface area contributed by atoms with E-state index in [-0.39, 0.29) is 24.2 Å². The summed E-state index contributed by atoms with van der Waals surface area (Å²) in [6.45, 7) is 8.01. The molecule has 1 aliphatic heterocycles. The van der Waals surface area contributed by atoms with Gasteiger partial charge in [-0.15, -0.1) is 12.4 Å². The second kappa shape index (κ2) is 6.21. The lowest BCUT2D eigenvalue weighted by Crippen LogP contribution is -2.48. The first-order valence-electron chi connectivity index (χ1n) is 6.16. The molecule has 0 radical (unpaired) electrons. The molecule has 0 aliphatic carbocycles. The molecule has 4 heteroatoms. The summed E-state index contributed by atoms with van der Waals surface area (Å²) in [5.74, 6) is 0.694. The van der Waals surface area contributed by atoms with Gasteiger partial charge < -0.3 is 10.6 Å². The monoisotopic (exact) mass is 268 g/mol. The molecular formula is C14H21ClN2O. The Kier molecular flexibility index (Phi) is 5.17. The van der Waals surface area contributed by atoms with Gasteiger partial charge in [0, 0.05) is 11.6 Å². The van der Waals surface area contributed by atoms with Crippen LogP contribution in [0.5, 0.6) is 0 Å². The van der Waals surface area contributed by atoms with Gasteiger partial charge in [-0.2, -0.15) is 0 Å². The third-order valence-electron chi connectivity index (χ3n) is 3.42. The number of carbonyl (C=O) groups is 1. The number of halogens is 1. The number of nitrogens with one attached hydrogen (secondary N) is 2. The van der Waals surface area contributed by atoms with Crippen LogP contribution in [0.2, 0.25) is 0 Å². The summed E-state index contributed by atoms with van der Waals surface area (Å²) >= 11 is 0. The van der Waals surface area contributed by atoms with Crippen molar-refractivity contribution in [2.45, 2.75) is 20.8 Å². The smallest absolute Gasteiger partial charge is 0.227 e. The van der Waals surface area contributed by atoms with Crippen LogP contribution in [0.1, 0.15) is 18.1 Å². The van der Waals surface area contributed by atoms with Crippen molar-refractivity contribution in [2.75, 3.05) is 18.4 Å². The van der Waals surface area contributed by atoms with Crippen molar-refractivity contribution in [2.24, 2.45) is 11.8 Å². The van der Waals surface area contributed by atoms with Gasteiger partial charge in [-0.1, -0.05) is 13.0 Å². The zero-order valence-corrected chi connectivity index (χ0v) is 11.9. The highest BCUT2D eigenvalue weighted by molar-refractivity contribution is 5.92. The van der Waals surface area contributed by atoms with Gasteiger partial charge in [-0.25, -0.2) is 0 Å². The predicted octanol–water partition coefficient (Wildman–Crippen LogP) is 2.52. The van der Waals surface area contributed by atoms with Crippen LogP contribution in [0.25, 0.3) is 0 Å². The molecule has 0 spiro atoms. The Bertz CT molecular complexity index is 410. The summed E-state index contributed by atoms with van der Waals surface area (Å²) in [5.41, 5.74) is 3.27. The van der Waals surface area contributed by atoms with Crippen LogP contribution in [0.15, 0.2) is 18.2 Å². The zero-order chi connectivity index (χ0) is 12.4. The molecule has 3 nitrogen and oxygen atoms in total. The standard InChI is InChI=1S/C14H20N2O.ClH/c1-9-4-10(2)6-13(5-9)16-14(17)11(3)12-7-15-8-12;/h4-6,11-12,15H,7-8H2,1-3H3,(H,16,17);1H. The van der Waals surface area contributed by atoms with Crippen LogP contribution in [-0.4, -0.2) is 19.0 Å². The minimum atomic E-state index is 0. The van der Waals surface area contributed by atoms with Crippen LogP contribution in [0.4, 0.5) is 5.69 Å². The molecule has 18 heavy (non-hydrogen) atoms. The van der Waals surface area contributed by atoms with E-state index >= 15 is 0 Å². The van der Waals surface area contributed by atoms with Gasteiger partial charge in [0.15, 0.2) is 0 Å². The summed E-state index contributed by atoms with van der Waals surface area (Å²) in [5, 5.41) is 6.20. The Morgan fingerprint density at radius 1 is 1.28 bits per heavy atom. The molecule has 1 amide bonds. The summed E-state index contributed by atoms with van der Waals surface area (Å²) in [4.78, 5) is 12.0. The molecule has 2 rings (SSSR count). The molecule has 0 aromatic heterocycles. The van der Waals surface area contributed by atoms with Gasteiger partial charge >= 0.3 is 0 Å². The molecule has 100 valence electrons. The first-order valence-corrected chi connectivity index (χ1v) is 6.16. The van der Waals surface area contributed by atoms with E-state index in [0.717, 1.165) is 18.8 Å². The van der Waals surface area contributed by atoms with E-state index in [2.05, 4.69) is 16.7 Å². The third-order valence-corrected chi connectivity index (χ3v) is 3.42. The minimum Gasteiger partial charge on any atom is -0.326 e. The predicted molar refractivity (Wildman–Crippen MR) is 77.3 cm³/mol. The van der Waals surface area contributed by atoms with Gasteiger partial charge in [-0.3, -0.25) is 4.79 Å². The molecule has 2 N–H and O–H groups in total. The van der Waals surface area contributed by atoms with Crippen LogP contribution in [-0.2, 0) is 4.79 Å². The molecular weight excluding hydrogens is 248 g/mol. The average molecular weight is 269 g/mol. The second-order valence-electron chi connectivity index (χ2n) is 5.07. The molecule has 1 aromatic carbocycles. The summed E-state index contributed by atoms with van der Waals surface area (Å²) in [6, 6.07) is 6.13. The maximum absolute atomic E-state index is 12.0. The number of hydrogen-bond acceptors (Lipinski definition) is 2. The van der Waals surface area contributed by atoms with Crippen molar-refractivity contribution in [1.82, 2.24) is 5.32 Å². The molecule has 1 saturated heterocycles. The van der Waals surface area contributed by atoms with E-state index in [0.29, 0.717) is 5.92 Å². The number of anilines is 1. The lowest BCUT2D eigenvalue weighted by Gasteiger charge is -2.31. The van der Waals surface area contributed by atoms with E-state index in [4.69, 9.17) is 0 Å². The summed E-state index contributed by atoms with van der Waals surface area (Å²) in [6.07, 6.45) is 0. The fourth-order valence-corrected chi connectivity index (χ4v) is 2.18. The average Bonchev–Trinajstić information content (AvgIpc) is 2.12. The first-order chi connectivity index (χ1) is 8.06. The van der Waals surface area contributed by atoms with E-state index in [9.17, 15) is 4.79 Å². The molecule has 1 unspecified atom stereocenters. The van der Waals surface area contributed by atoms with Crippen molar-refractivity contribution < 1.29 is 4.79 Å². The molecule has 0 saturated carbocycles. The number of hydrogen-bond donors (Lipinski definition) is 2. The van der Waals surface area contributed by atoms with Gasteiger partial charge in [0.25, 0.3) is 0 Å². The number of rotatable bonds is 3. The van der Waals surface area contributed by atoms with E-state index in [1.54, 1.807) is 0 Å². The lowest BCUT2D eigenvalue weighted by molar-refractivity contribution is -0.121. The number of benzene rings is 1. The molecule has 1 heterocycles. The Morgan fingerprint density at radius 3 is 2.28 bits per heavy atom. The fraction of sp³-hybridized carbons (Fsp3) is 0.500. The summed E-state index contributed by atoms with van der Waals surface area (Å²) in [7, 11) is 0. The van der Waals surface area contributed by atoms with Gasteiger partial charge in [0.1, 0.15) is 0 Å². The highest BCUT2D eigenvalue weighted by atomic mass is 35.5. The second-order valence-corrected chi connectivity index (χ2v) is 5.07. The van der Waals surface area contributed by atoms with Crippen molar-refractivity contribution in [3.05, 3.63) is 29.3 Å². The normalized spacial score (nSPS) is 16.4. The Morgan fingerprint density at radius 2 is 1.83 bits per heavy atom. The van der Waals surface area contributed by atoms with Crippen molar-refractivity contribution in [3.63, 3.8) is 0 Å². The van der Waals surface area contributed by atoms with E-state index in [1.807, 2.05) is 32.9 Å². The van der Waals surface area contributed by atoms with E-state index in [1.165, 1.54) is 11.1 Å². The Labute approximate surface area is 115 Å².